The van der Waals surface area contributed by atoms with E-state index in [2.05, 4.69) is 20.5 Å². The largest absolute Gasteiger partial charge is 0.370 e. The first kappa shape index (κ1) is 10.5. The number of anilines is 1. The molecule has 0 saturated carbocycles. The molecule has 0 aliphatic heterocycles. The summed E-state index contributed by atoms with van der Waals surface area (Å²) in [4.78, 5) is 3.89. The molecule has 0 atom stereocenters. The van der Waals surface area contributed by atoms with E-state index in [-0.39, 0.29) is 5.82 Å². The molecule has 84 valence electrons. The van der Waals surface area contributed by atoms with Crippen molar-refractivity contribution in [2.75, 3.05) is 11.9 Å². The monoisotopic (exact) mass is 221 g/mol. The molecule has 2 heterocycles. The van der Waals surface area contributed by atoms with Crippen LogP contribution in [0.1, 0.15) is 5.82 Å². The summed E-state index contributed by atoms with van der Waals surface area (Å²) < 4.78 is 14.4. The van der Waals surface area contributed by atoms with Crippen molar-refractivity contribution in [3.8, 4) is 0 Å². The third kappa shape index (κ3) is 2.53. The van der Waals surface area contributed by atoms with Crippen molar-refractivity contribution >= 4 is 5.82 Å². The Morgan fingerprint density at radius 3 is 2.94 bits per heavy atom. The summed E-state index contributed by atoms with van der Waals surface area (Å²) in [6.45, 7) is 0.686. The van der Waals surface area contributed by atoms with E-state index in [1.165, 1.54) is 12.3 Å². The fourth-order valence-electron chi connectivity index (χ4n) is 1.32. The molecule has 5 nitrogen and oxygen atoms in total. The second-order valence-corrected chi connectivity index (χ2v) is 3.40. The van der Waals surface area contributed by atoms with Crippen LogP contribution in [0.2, 0.25) is 0 Å². The SMILES string of the molecule is Cn1cnnc1CCNc1ccc(F)cn1. The molecule has 2 aromatic rings. The highest BCUT2D eigenvalue weighted by Gasteiger charge is 2.00. The topological polar surface area (TPSA) is 55.6 Å². The van der Waals surface area contributed by atoms with Gasteiger partial charge in [-0.25, -0.2) is 9.37 Å². The van der Waals surface area contributed by atoms with Crippen LogP contribution in [0.15, 0.2) is 24.7 Å². The number of halogens is 1. The minimum atomic E-state index is -0.334. The Kier molecular flexibility index (Phi) is 3.09. The summed E-state index contributed by atoms with van der Waals surface area (Å²) in [5, 5.41) is 10.8. The second-order valence-electron chi connectivity index (χ2n) is 3.40. The van der Waals surface area contributed by atoms with Crippen LogP contribution in [0.4, 0.5) is 10.2 Å². The zero-order valence-electron chi connectivity index (χ0n) is 8.89. The molecule has 0 fully saturated rings. The number of aryl methyl sites for hydroxylation is 1. The Morgan fingerprint density at radius 2 is 2.31 bits per heavy atom. The fourth-order valence-corrected chi connectivity index (χ4v) is 1.32. The van der Waals surface area contributed by atoms with Gasteiger partial charge in [0.1, 0.15) is 23.8 Å². The Hall–Kier alpha value is -1.98. The van der Waals surface area contributed by atoms with E-state index in [9.17, 15) is 4.39 Å². The zero-order valence-corrected chi connectivity index (χ0v) is 8.89. The average Bonchev–Trinajstić information content (AvgIpc) is 2.68. The Morgan fingerprint density at radius 1 is 1.44 bits per heavy atom. The summed E-state index contributed by atoms with van der Waals surface area (Å²) in [6.07, 6.45) is 3.59. The molecule has 0 spiro atoms. The predicted octanol–water partition coefficient (Wildman–Crippen LogP) is 1.00. The van der Waals surface area contributed by atoms with Gasteiger partial charge in [0.25, 0.3) is 0 Å². The van der Waals surface area contributed by atoms with Gasteiger partial charge in [-0.2, -0.15) is 0 Å². The molecule has 0 bridgehead atoms. The molecule has 2 aromatic heterocycles. The fraction of sp³-hybridized carbons (Fsp3) is 0.300. The molecule has 0 aliphatic carbocycles. The van der Waals surface area contributed by atoms with Gasteiger partial charge in [0.15, 0.2) is 0 Å². The molecule has 0 saturated heterocycles. The third-order valence-corrected chi connectivity index (χ3v) is 2.19. The molecule has 2 rings (SSSR count). The lowest BCUT2D eigenvalue weighted by Gasteiger charge is -2.04. The van der Waals surface area contributed by atoms with E-state index in [1.807, 2.05) is 11.6 Å². The van der Waals surface area contributed by atoms with Crippen molar-refractivity contribution < 1.29 is 4.39 Å². The molecule has 0 radical (unpaired) electrons. The first-order chi connectivity index (χ1) is 7.75. The van der Waals surface area contributed by atoms with E-state index in [4.69, 9.17) is 0 Å². The van der Waals surface area contributed by atoms with Crippen LogP contribution >= 0.6 is 0 Å². The molecule has 6 heteroatoms. The van der Waals surface area contributed by atoms with Crippen LogP contribution in [-0.4, -0.2) is 26.3 Å². The predicted molar refractivity (Wildman–Crippen MR) is 57.4 cm³/mol. The molecule has 0 amide bonds. The van der Waals surface area contributed by atoms with Crippen LogP contribution < -0.4 is 5.32 Å². The Balaban J connectivity index is 1.84. The van der Waals surface area contributed by atoms with Crippen molar-refractivity contribution in [3.05, 3.63) is 36.3 Å². The lowest BCUT2D eigenvalue weighted by molar-refractivity contribution is 0.621. The van der Waals surface area contributed by atoms with E-state index in [0.717, 1.165) is 12.2 Å². The molecular weight excluding hydrogens is 209 g/mol. The third-order valence-electron chi connectivity index (χ3n) is 2.19. The summed E-state index contributed by atoms with van der Waals surface area (Å²) in [5.41, 5.74) is 0. The average molecular weight is 221 g/mol. The minimum Gasteiger partial charge on any atom is -0.370 e. The van der Waals surface area contributed by atoms with E-state index < -0.39 is 0 Å². The van der Waals surface area contributed by atoms with E-state index in [1.54, 1.807) is 12.4 Å². The maximum atomic E-state index is 12.6. The van der Waals surface area contributed by atoms with Gasteiger partial charge < -0.3 is 9.88 Å². The van der Waals surface area contributed by atoms with Gasteiger partial charge in [-0.3, -0.25) is 0 Å². The quantitative estimate of drug-likeness (QED) is 0.837. The van der Waals surface area contributed by atoms with Crippen molar-refractivity contribution in [2.24, 2.45) is 7.05 Å². The summed E-state index contributed by atoms with van der Waals surface area (Å²) in [6, 6.07) is 2.98. The first-order valence-corrected chi connectivity index (χ1v) is 4.94. The van der Waals surface area contributed by atoms with Crippen molar-refractivity contribution in [2.45, 2.75) is 6.42 Å². The lowest BCUT2D eigenvalue weighted by Crippen LogP contribution is -2.09. The highest BCUT2D eigenvalue weighted by molar-refractivity contribution is 5.33. The van der Waals surface area contributed by atoms with E-state index >= 15 is 0 Å². The number of aromatic nitrogens is 4. The van der Waals surface area contributed by atoms with Crippen molar-refractivity contribution in [3.63, 3.8) is 0 Å². The Bertz CT molecular complexity index is 450. The van der Waals surface area contributed by atoms with Gasteiger partial charge in [-0.15, -0.1) is 10.2 Å². The number of hydrogen-bond donors (Lipinski definition) is 1. The van der Waals surface area contributed by atoms with Gasteiger partial charge in [0.2, 0.25) is 0 Å². The highest BCUT2D eigenvalue weighted by atomic mass is 19.1. The van der Waals surface area contributed by atoms with Crippen LogP contribution in [0.5, 0.6) is 0 Å². The zero-order chi connectivity index (χ0) is 11.4. The van der Waals surface area contributed by atoms with Crippen molar-refractivity contribution in [1.82, 2.24) is 19.7 Å². The summed E-state index contributed by atoms with van der Waals surface area (Å²) in [7, 11) is 1.89. The highest BCUT2D eigenvalue weighted by Crippen LogP contribution is 2.03. The molecule has 0 unspecified atom stereocenters. The summed E-state index contributed by atoms with van der Waals surface area (Å²) in [5.74, 6) is 1.22. The van der Waals surface area contributed by atoms with Crippen LogP contribution in [0.3, 0.4) is 0 Å². The van der Waals surface area contributed by atoms with Gasteiger partial charge in [0, 0.05) is 20.0 Å². The molecule has 16 heavy (non-hydrogen) atoms. The number of nitrogens with zero attached hydrogens (tertiary/aromatic N) is 4. The minimum absolute atomic E-state index is 0.334. The Labute approximate surface area is 92.3 Å². The normalized spacial score (nSPS) is 10.4. The maximum absolute atomic E-state index is 12.6. The number of hydrogen-bond acceptors (Lipinski definition) is 4. The first-order valence-electron chi connectivity index (χ1n) is 4.94. The maximum Gasteiger partial charge on any atom is 0.141 e. The lowest BCUT2D eigenvalue weighted by atomic mass is 10.4. The molecule has 0 aliphatic rings. The van der Waals surface area contributed by atoms with Crippen molar-refractivity contribution in [1.29, 1.82) is 0 Å². The number of rotatable bonds is 4. The number of pyridine rings is 1. The standard InChI is InChI=1S/C10H12FN5/c1-16-7-14-15-10(16)4-5-12-9-3-2-8(11)6-13-9/h2-3,6-7H,4-5H2,1H3,(H,12,13). The van der Waals surface area contributed by atoms with Gasteiger partial charge in [-0.1, -0.05) is 0 Å². The van der Waals surface area contributed by atoms with E-state index in [0.29, 0.717) is 12.4 Å². The van der Waals surface area contributed by atoms with Crippen LogP contribution in [-0.2, 0) is 13.5 Å². The molecule has 0 aromatic carbocycles. The van der Waals surface area contributed by atoms with Gasteiger partial charge in [0.05, 0.1) is 6.20 Å². The molecule has 1 N–H and O–H groups in total. The molecular formula is C10H12FN5. The second kappa shape index (κ2) is 4.69. The summed E-state index contributed by atoms with van der Waals surface area (Å²) >= 11 is 0. The van der Waals surface area contributed by atoms with Crippen LogP contribution in [0.25, 0.3) is 0 Å². The van der Waals surface area contributed by atoms with Crippen LogP contribution in [0, 0.1) is 5.82 Å². The van der Waals surface area contributed by atoms with Gasteiger partial charge in [-0.05, 0) is 12.1 Å². The smallest absolute Gasteiger partial charge is 0.141 e. The van der Waals surface area contributed by atoms with Gasteiger partial charge >= 0.3 is 0 Å². The number of nitrogens with one attached hydrogen (secondary N) is 1.